The van der Waals surface area contributed by atoms with Crippen LogP contribution in [-0.2, 0) is 19.4 Å². The highest BCUT2D eigenvalue weighted by Crippen LogP contribution is 2.46. The first-order valence-corrected chi connectivity index (χ1v) is 11.5. The van der Waals surface area contributed by atoms with Gasteiger partial charge in [0.15, 0.2) is 9.84 Å². The molecule has 0 saturated carbocycles. The summed E-state index contributed by atoms with van der Waals surface area (Å²) in [6.07, 6.45) is 2.97. The van der Waals surface area contributed by atoms with E-state index in [4.69, 9.17) is 4.74 Å². The van der Waals surface area contributed by atoms with Crippen LogP contribution >= 0.6 is 33.9 Å². The molecule has 2 aromatic heterocycles. The second-order valence-corrected chi connectivity index (χ2v) is 10.9. The molecule has 2 aliphatic rings. The molecule has 2 fully saturated rings. The van der Waals surface area contributed by atoms with Gasteiger partial charge in [-0.3, -0.25) is 4.79 Å². The number of piperidine rings is 1. The van der Waals surface area contributed by atoms with E-state index in [1.54, 1.807) is 10.7 Å². The Morgan fingerprint density at radius 2 is 2.16 bits per heavy atom. The fourth-order valence-electron chi connectivity index (χ4n) is 3.95. The molecule has 11 heteroatoms. The van der Waals surface area contributed by atoms with Crippen molar-refractivity contribution in [3.8, 4) is 0 Å². The number of anilines is 1. The van der Waals surface area contributed by atoms with Gasteiger partial charge in [0, 0.05) is 13.1 Å². The normalized spacial score (nSPS) is 24.9. The number of fused-ring (bicyclic) bond motifs is 1. The maximum atomic E-state index is 12.7. The number of aromatic nitrogens is 3. The van der Waals surface area contributed by atoms with Crippen LogP contribution in [0, 0.1) is 9.62 Å². The van der Waals surface area contributed by atoms with E-state index in [-0.39, 0.29) is 5.75 Å². The molecule has 2 aliphatic heterocycles. The second-order valence-electron chi connectivity index (χ2n) is 6.40. The Bertz CT molecular complexity index is 930. The minimum Gasteiger partial charge on any atom is -0.469 e. The number of carbonyl (C=O) groups excluding carboxylic acids is 1. The molecule has 4 rings (SSSR count). The summed E-state index contributed by atoms with van der Waals surface area (Å²) >= 11 is 3.67. The Labute approximate surface area is 162 Å². The first-order valence-electron chi connectivity index (χ1n) is 7.93. The van der Waals surface area contributed by atoms with E-state index in [0.717, 1.165) is 13.8 Å². The van der Waals surface area contributed by atoms with Gasteiger partial charge >= 0.3 is 5.97 Å². The van der Waals surface area contributed by atoms with Crippen LogP contribution in [-0.4, -0.2) is 59.7 Å². The van der Waals surface area contributed by atoms with Crippen LogP contribution in [0.5, 0.6) is 0 Å². The summed E-state index contributed by atoms with van der Waals surface area (Å²) in [5.41, 5.74) is 0. The third-order valence-electron chi connectivity index (χ3n) is 5.33. The predicted octanol–water partition coefficient (Wildman–Crippen LogP) is 1.34. The maximum absolute atomic E-state index is 12.7. The van der Waals surface area contributed by atoms with Crippen LogP contribution in [0.4, 0.5) is 5.13 Å². The van der Waals surface area contributed by atoms with Gasteiger partial charge < -0.3 is 9.64 Å². The fraction of sp³-hybridized carbons (Fsp3) is 0.643. The Kier molecular flexibility index (Phi) is 4.22. The first kappa shape index (κ1) is 17.5. The highest BCUT2D eigenvalue weighted by molar-refractivity contribution is 14.1. The molecule has 0 amide bonds. The summed E-state index contributed by atoms with van der Waals surface area (Å²) in [4.78, 5) is 19.3. The molecule has 0 bridgehead atoms. The second kappa shape index (κ2) is 6.05. The van der Waals surface area contributed by atoms with Gasteiger partial charge in [-0.15, -0.1) is 5.10 Å². The maximum Gasteiger partial charge on any atom is 0.310 e. The quantitative estimate of drug-likeness (QED) is 0.458. The molecule has 1 spiro atoms. The Balaban J connectivity index is 1.59. The van der Waals surface area contributed by atoms with E-state index in [0.29, 0.717) is 32.4 Å². The Morgan fingerprint density at radius 1 is 1.44 bits per heavy atom. The molecule has 0 radical (unpaired) electrons. The summed E-state index contributed by atoms with van der Waals surface area (Å²) in [6, 6.07) is 0. The van der Waals surface area contributed by atoms with Crippen LogP contribution in [0.1, 0.15) is 19.3 Å². The number of methoxy groups -OCH3 is 1. The van der Waals surface area contributed by atoms with Gasteiger partial charge in [-0.05, 0) is 41.9 Å². The SMILES string of the molecule is COC(=O)C1CCS(=O)(=O)C12CCN(c1nn3c(I)cnc3s1)CC2. The van der Waals surface area contributed by atoms with Crippen molar-refractivity contribution < 1.29 is 17.9 Å². The van der Waals surface area contributed by atoms with Crippen molar-refractivity contribution in [2.45, 2.75) is 24.0 Å². The van der Waals surface area contributed by atoms with Crippen molar-refractivity contribution in [1.29, 1.82) is 0 Å². The summed E-state index contributed by atoms with van der Waals surface area (Å²) in [6.45, 7) is 1.11. The number of nitrogens with zero attached hydrogens (tertiary/aromatic N) is 4. The van der Waals surface area contributed by atoms with Crippen molar-refractivity contribution in [3.05, 3.63) is 9.90 Å². The van der Waals surface area contributed by atoms with Crippen LogP contribution in [0.25, 0.3) is 4.96 Å². The average molecular weight is 496 g/mol. The monoisotopic (exact) mass is 496 g/mol. The largest absolute Gasteiger partial charge is 0.469 e. The molecule has 2 aromatic rings. The molecule has 0 aliphatic carbocycles. The van der Waals surface area contributed by atoms with Crippen molar-refractivity contribution in [2.24, 2.45) is 5.92 Å². The smallest absolute Gasteiger partial charge is 0.310 e. The van der Waals surface area contributed by atoms with Gasteiger partial charge in [-0.2, -0.15) is 4.52 Å². The zero-order chi connectivity index (χ0) is 17.8. The van der Waals surface area contributed by atoms with E-state index in [1.165, 1.54) is 18.4 Å². The lowest BCUT2D eigenvalue weighted by Gasteiger charge is -2.40. The molecular weight excluding hydrogens is 479 g/mol. The van der Waals surface area contributed by atoms with E-state index in [1.807, 2.05) is 0 Å². The number of sulfone groups is 1. The predicted molar refractivity (Wildman–Crippen MR) is 102 cm³/mol. The molecule has 136 valence electrons. The average Bonchev–Trinajstić information content (AvgIpc) is 3.23. The number of esters is 1. The van der Waals surface area contributed by atoms with Gasteiger partial charge in [-0.1, -0.05) is 11.3 Å². The number of hydrogen-bond acceptors (Lipinski definition) is 8. The molecule has 2 saturated heterocycles. The number of hydrogen-bond donors (Lipinski definition) is 0. The summed E-state index contributed by atoms with van der Waals surface area (Å²) < 4.78 is 32.0. The van der Waals surface area contributed by atoms with E-state index in [2.05, 4.69) is 37.6 Å². The number of ether oxygens (including phenoxy) is 1. The molecule has 0 N–H and O–H groups in total. The minimum absolute atomic E-state index is 0.0655. The number of carbonyl (C=O) groups is 1. The molecule has 1 unspecified atom stereocenters. The zero-order valence-corrected chi connectivity index (χ0v) is 17.3. The lowest BCUT2D eigenvalue weighted by molar-refractivity contribution is -0.146. The number of halogens is 1. The van der Waals surface area contributed by atoms with Gasteiger partial charge in [0.2, 0.25) is 10.1 Å². The van der Waals surface area contributed by atoms with Crippen LogP contribution < -0.4 is 4.90 Å². The van der Waals surface area contributed by atoms with Crippen molar-refractivity contribution in [2.75, 3.05) is 30.9 Å². The molecule has 4 heterocycles. The summed E-state index contributed by atoms with van der Waals surface area (Å²) in [5.74, 6) is -0.897. The topological polar surface area (TPSA) is 93.9 Å². The zero-order valence-electron chi connectivity index (χ0n) is 13.5. The summed E-state index contributed by atoms with van der Waals surface area (Å²) in [7, 11) is -1.98. The lowest BCUT2D eigenvalue weighted by Crippen LogP contribution is -2.52. The van der Waals surface area contributed by atoms with E-state index in [9.17, 15) is 13.2 Å². The Hall–Kier alpha value is -0.950. The summed E-state index contributed by atoms with van der Waals surface area (Å²) in [5, 5.41) is 5.40. The highest BCUT2D eigenvalue weighted by atomic mass is 127. The third kappa shape index (κ3) is 2.57. The van der Waals surface area contributed by atoms with Gasteiger partial charge in [0.25, 0.3) is 0 Å². The standard InChI is InChI=1S/C14H17IN4O4S2/c1-23-11(20)9-2-7-25(21,22)14(9)3-5-18(6-4-14)13-17-19-10(15)8-16-12(19)24-13/h8-9H,2-7H2,1H3. The van der Waals surface area contributed by atoms with E-state index >= 15 is 0 Å². The number of imidazole rings is 1. The fourth-order valence-corrected chi connectivity index (χ4v) is 7.92. The molecular formula is C14H17IN4O4S2. The van der Waals surface area contributed by atoms with Crippen molar-refractivity contribution in [1.82, 2.24) is 14.6 Å². The first-order chi connectivity index (χ1) is 11.9. The lowest BCUT2D eigenvalue weighted by atomic mass is 9.82. The highest BCUT2D eigenvalue weighted by Gasteiger charge is 2.58. The van der Waals surface area contributed by atoms with Gasteiger partial charge in [0.1, 0.15) is 3.70 Å². The Morgan fingerprint density at radius 3 is 2.80 bits per heavy atom. The van der Waals surface area contributed by atoms with Crippen molar-refractivity contribution in [3.63, 3.8) is 0 Å². The van der Waals surface area contributed by atoms with Crippen molar-refractivity contribution >= 4 is 59.8 Å². The number of rotatable bonds is 2. The van der Waals surface area contributed by atoms with E-state index < -0.39 is 26.5 Å². The molecule has 25 heavy (non-hydrogen) atoms. The molecule has 8 nitrogen and oxygen atoms in total. The van der Waals surface area contributed by atoms with Gasteiger partial charge in [0.05, 0.1) is 29.7 Å². The third-order valence-corrected chi connectivity index (χ3v) is 9.75. The molecule has 0 aromatic carbocycles. The molecule has 1 atom stereocenters. The van der Waals surface area contributed by atoms with Gasteiger partial charge in [-0.25, -0.2) is 13.4 Å². The van der Waals surface area contributed by atoms with Crippen LogP contribution in [0.3, 0.4) is 0 Å². The van der Waals surface area contributed by atoms with Crippen LogP contribution in [0.2, 0.25) is 0 Å². The van der Waals surface area contributed by atoms with Crippen LogP contribution in [0.15, 0.2) is 6.20 Å². The minimum atomic E-state index is -3.30.